The Hall–Kier alpha value is -2.25. The Kier molecular flexibility index (Phi) is 7.17. The largest absolute Gasteiger partial charge is 0.382 e. The van der Waals surface area contributed by atoms with Gasteiger partial charge in [-0.1, -0.05) is 25.5 Å². The minimum Gasteiger partial charge on any atom is -0.382 e. The number of imidazole rings is 1. The van der Waals surface area contributed by atoms with Gasteiger partial charge in [0.25, 0.3) is 5.91 Å². The summed E-state index contributed by atoms with van der Waals surface area (Å²) in [5.74, 6) is 0.435. The number of amides is 1. The average molecular weight is 401 g/mol. The van der Waals surface area contributed by atoms with Crippen molar-refractivity contribution < 1.29 is 9.53 Å². The Morgan fingerprint density at radius 2 is 2.04 bits per heavy atom. The minimum absolute atomic E-state index is 0.140. The summed E-state index contributed by atoms with van der Waals surface area (Å²) in [6.07, 6.45) is 3.98. The van der Waals surface area contributed by atoms with Crippen LogP contribution in [0.2, 0.25) is 0 Å². The molecule has 0 atom stereocenters. The number of ether oxygens (including phenoxy) is 1. The van der Waals surface area contributed by atoms with Gasteiger partial charge in [-0.05, 0) is 45.2 Å². The fourth-order valence-corrected chi connectivity index (χ4v) is 4.12. The average Bonchev–Trinajstić information content (AvgIpc) is 3.23. The lowest BCUT2D eigenvalue weighted by molar-refractivity contribution is 0.102. The smallest absolute Gasteiger partial charge is 0.269 e. The van der Waals surface area contributed by atoms with E-state index in [0.29, 0.717) is 24.0 Å². The maximum atomic E-state index is 12.9. The molecule has 1 aromatic carbocycles. The predicted molar refractivity (Wildman–Crippen MR) is 114 cm³/mol. The van der Waals surface area contributed by atoms with E-state index in [4.69, 9.17) is 4.74 Å². The van der Waals surface area contributed by atoms with E-state index in [-0.39, 0.29) is 5.91 Å². The van der Waals surface area contributed by atoms with E-state index < -0.39 is 0 Å². The number of nitrogens with zero attached hydrogens (tertiary/aromatic N) is 3. The molecule has 1 amide bonds. The summed E-state index contributed by atoms with van der Waals surface area (Å²) < 4.78 is 7.51. The molecule has 28 heavy (non-hydrogen) atoms. The first kappa shape index (κ1) is 20.5. The van der Waals surface area contributed by atoms with Crippen LogP contribution in [0.5, 0.6) is 0 Å². The maximum absolute atomic E-state index is 12.9. The van der Waals surface area contributed by atoms with Crippen molar-refractivity contribution in [1.82, 2.24) is 14.5 Å². The quantitative estimate of drug-likeness (QED) is 0.495. The Bertz CT molecular complexity index is 932. The van der Waals surface area contributed by atoms with Crippen LogP contribution >= 0.6 is 11.3 Å². The number of hydrogen-bond acceptors (Lipinski definition) is 5. The topological polar surface area (TPSA) is 69.0 Å². The lowest BCUT2D eigenvalue weighted by Gasteiger charge is -2.10. The summed E-state index contributed by atoms with van der Waals surface area (Å²) in [5.41, 5.74) is 2.67. The zero-order valence-electron chi connectivity index (χ0n) is 16.8. The first-order chi connectivity index (χ1) is 13.6. The summed E-state index contributed by atoms with van der Waals surface area (Å²) in [6.45, 7) is 8.17. The SMILES string of the molecule is CCCCc1nc(C)c(C(=O)Nc2nc3ccccc3n2CCCOCC)s1. The van der Waals surface area contributed by atoms with Gasteiger partial charge in [0.1, 0.15) is 4.88 Å². The van der Waals surface area contributed by atoms with Gasteiger partial charge < -0.3 is 9.30 Å². The van der Waals surface area contributed by atoms with Gasteiger partial charge in [-0.2, -0.15) is 0 Å². The summed E-state index contributed by atoms with van der Waals surface area (Å²) in [6, 6.07) is 7.94. The second-order valence-electron chi connectivity index (χ2n) is 6.71. The van der Waals surface area contributed by atoms with Gasteiger partial charge in [0.15, 0.2) is 0 Å². The predicted octanol–water partition coefficient (Wildman–Crippen LogP) is 4.82. The molecule has 0 radical (unpaired) electrons. The zero-order valence-corrected chi connectivity index (χ0v) is 17.6. The number of rotatable bonds is 10. The fourth-order valence-electron chi connectivity index (χ4n) is 3.12. The number of nitrogens with one attached hydrogen (secondary N) is 1. The van der Waals surface area contributed by atoms with Gasteiger partial charge in [0.05, 0.1) is 21.7 Å². The summed E-state index contributed by atoms with van der Waals surface area (Å²) in [7, 11) is 0. The lowest BCUT2D eigenvalue weighted by Crippen LogP contribution is -2.16. The highest BCUT2D eigenvalue weighted by Crippen LogP contribution is 2.24. The molecule has 0 spiro atoms. The maximum Gasteiger partial charge on any atom is 0.269 e. The van der Waals surface area contributed by atoms with Crippen LogP contribution in [-0.4, -0.2) is 33.7 Å². The molecular formula is C21H28N4O2S. The molecule has 3 aromatic rings. The third-order valence-electron chi connectivity index (χ3n) is 4.55. The van der Waals surface area contributed by atoms with Gasteiger partial charge in [-0.15, -0.1) is 11.3 Å². The van der Waals surface area contributed by atoms with Crippen LogP contribution in [0, 0.1) is 6.92 Å². The number of anilines is 1. The Labute approximate surface area is 170 Å². The van der Waals surface area contributed by atoms with Crippen molar-refractivity contribution in [2.75, 3.05) is 18.5 Å². The normalized spacial score (nSPS) is 11.2. The third kappa shape index (κ3) is 4.77. The molecule has 0 fully saturated rings. The van der Waals surface area contributed by atoms with Crippen molar-refractivity contribution in [3.05, 3.63) is 39.8 Å². The number of carbonyl (C=O) groups is 1. The van der Waals surface area contributed by atoms with Gasteiger partial charge in [0, 0.05) is 19.8 Å². The Balaban J connectivity index is 1.81. The highest BCUT2D eigenvalue weighted by molar-refractivity contribution is 7.13. The van der Waals surface area contributed by atoms with Crippen molar-refractivity contribution in [1.29, 1.82) is 0 Å². The number of hydrogen-bond donors (Lipinski definition) is 1. The van der Waals surface area contributed by atoms with Crippen LogP contribution in [0.15, 0.2) is 24.3 Å². The van der Waals surface area contributed by atoms with Crippen molar-refractivity contribution in [3.63, 3.8) is 0 Å². The van der Waals surface area contributed by atoms with Crippen LogP contribution in [0.3, 0.4) is 0 Å². The number of thiazole rings is 1. The van der Waals surface area contributed by atoms with Crippen molar-refractivity contribution >= 4 is 34.2 Å². The summed E-state index contributed by atoms with van der Waals surface area (Å²) >= 11 is 1.48. The van der Waals surface area contributed by atoms with Crippen LogP contribution in [-0.2, 0) is 17.7 Å². The standard InChI is InChI=1S/C21H28N4O2S/c1-4-6-12-18-22-15(3)19(28-18)20(26)24-21-23-16-10-7-8-11-17(16)25(21)13-9-14-27-5-2/h7-8,10-11H,4-6,9,12-14H2,1-3H3,(H,23,24,26). The minimum atomic E-state index is -0.140. The molecule has 0 saturated heterocycles. The molecule has 7 heteroatoms. The van der Waals surface area contributed by atoms with Gasteiger partial charge in [-0.25, -0.2) is 9.97 Å². The molecule has 0 aliphatic heterocycles. The van der Waals surface area contributed by atoms with E-state index in [1.54, 1.807) is 0 Å². The van der Waals surface area contributed by atoms with E-state index in [1.165, 1.54) is 11.3 Å². The van der Waals surface area contributed by atoms with E-state index in [2.05, 4.69) is 26.8 Å². The van der Waals surface area contributed by atoms with E-state index in [0.717, 1.165) is 54.0 Å². The number of carbonyl (C=O) groups excluding carboxylic acids is 1. The molecule has 0 aliphatic carbocycles. The fraction of sp³-hybridized carbons (Fsp3) is 0.476. The van der Waals surface area contributed by atoms with E-state index in [9.17, 15) is 4.79 Å². The van der Waals surface area contributed by atoms with Crippen molar-refractivity contribution in [2.24, 2.45) is 0 Å². The summed E-state index contributed by atoms with van der Waals surface area (Å²) in [4.78, 5) is 22.8. The van der Waals surface area contributed by atoms with Crippen molar-refractivity contribution in [3.8, 4) is 0 Å². The van der Waals surface area contributed by atoms with Crippen LogP contribution in [0.1, 0.15) is 53.5 Å². The molecule has 2 heterocycles. The monoisotopic (exact) mass is 400 g/mol. The molecule has 0 aliphatic rings. The number of aromatic nitrogens is 3. The molecule has 150 valence electrons. The molecule has 2 aromatic heterocycles. The lowest BCUT2D eigenvalue weighted by atomic mass is 10.3. The Morgan fingerprint density at radius 1 is 1.21 bits per heavy atom. The van der Waals surface area contributed by atoms with Crippen LogP contribution in [0.25, 0.3) is 11.0 Å². The molecule has 3 rings (SSSR count). The highest BCUT2D eigenvalue weighted by atomic mass is 32.1. The van der Waals surface area contributed by atoms with Crippen LogP contribution in [0.4, 0.5) is 5.95 Å². The Morgan fingerprint density at radius 3 is 2.82 bits per heavy atom. The zero-order chi connectivity index (χ0) is 19.9. The number of benzene rings is 1. The molecule has 0 unspecified atom stereocenters. The summed E-state index contributed by atoms with van der Waals surface area (Å²) in [5, 5.41) is 4.03. The second-order valence-corrected chi connectivity index (χ2v) is 7.79. The molecule has 6 nitrogen and oxygen atoms in total. The number of aryl methyl sites for hydroxylation is 3. The number of fused-ring (bicyclic) bond motifs is 1. The first-order valence-electron chi connectivity index (χ1n) is 9.94. The van der Waals surface area contributed by atoms with Gasteiger partial charge in [0.2, 0.25) is 5.95 Å². The second kappa shape index (κ2) is 9.80. The van der Waals surface area contributed by atoms with E-state index >= 15 is 0 Å². The van der Waals surface area contributed by atoms with Gasteiger partial charge >= 0.3 is 0 Å². The number of unbranched alkanes of at least 4 members (excludes halogenated alkanes) is 1. The number of para-hydroxylation sites is 2. The third-order valence-corrected chi connectivity index (χ3v) is 5.76. The van der Waals surface area contributed by atoms with E-state index in [1.807, 2.05) is 38.1 Å². The molecular weight excluding hydrogens is 372 g/mol. The van der Waals surface area contributed by atoms with Crippen LogP contribution < -0.4 is 5.32 Å². The first-order valence-corrected chi connectivity index (χ1v) is 10.8. The molecule has 0 bridgehead atoms. The highest BCUT2D eigenvalue weighted by Gasteiger charge is 2.19. The molecule has 1 N–H and O–H groups in total. The van der Waals surface area contributed by atoms with Gasteiger partial charge in [-0.3, -0.25) is 10.1 Å². The van der Waals surface area contributed by atoms with Crippen molar-refractivity contribution in [2.45, 2.75) is 53.0 Å². The molecule has 0 saturated carbocycles.